The normalized spacial score (nSPS) is 15.0. The molecular weight excluding hydrogens is 448 g/mol. The number of aromatic nitrogens is 5. The zero-order valence-electron chi connectivity index (χ0n) is 21.3. The van der Waals surface area contributed by atoms with Crippen LogP contribution in [0.1, 0.15) is 29.6 Å². The van der Waals surface area contributed by atoms with Gasteiger partial charge in [0.25, 0.3) is 0 Å². The smallest absolute Gasteiger partial charge is 0.180 e. The van der Waals surface area contributed by atoms with E-state index in [1.54, 1.807) is 12.4 Å². The Morgan fingerprint density at radius 2 is 1.56 bits per heavy atom. The van der Waals surface area contributed by atoms with Gasteiger partial charge in [-0.3, -0.25) is 4.90 Å². The van der Waals surface area contributed by atoms with Crippen LogP contribution >= 0.6 is 0 Å². The van der Waals surface area contributed by atoms with Gasteiger partial charge in [-0.15, -0.1) is 0 Å². The molecule has 0 amide bonds. The molecule has 1 aliphatic rings. The van der Waals surface area contributed by atoms with Crippen molar-refractivity contribution in [3.8, 4) is 11.5 Å². The van der Waals surface area contributed by atoms with Crippen molar-refractivity contribution in [2.24, 2.45) is 0 Å². The van der Waals surface area contributed by atoms with Crippen molar-refractivity contribution in [1.29, 1.82) is 0 Å². The summed E-state index contributed by atoms with van der Waals surface area (Å²) in [5.74, 6) is 2.68. The molecule has 4 heterocycles. The van der Waals surface area contributed by atoms with E-state index >= 15 is 0 Å². The summed E-state index contributed by atoms with van der Waals surface area (Å²) in [6, 6.07) is 18.3. The standard InChI is InChI=1S/C28H32N8/c1-20-6-5-7-23(31-20)27-30-15-13-25(34-27)32-24-12-14-29-26(33-24)16-21-8-10-22(11-9-21)17-36-18-28(2,19-36)35(3)4/h5-15H,16-19H2,1-4H3,(H,29,30,32,33,34). The summed E-state index contributed by atoms with van der Waals surface area (Å²) < 4.78 is 0. The first-order chi connectivity index (χ1) is 17.4. The second-order valence-electron chi connectivity index (χ2n) is 9.94. The number of pyridine rings is 1. The number of anilines is 2. The van der Waals surface area contributed by atoms with Crippen LogP contribution in [0.2, 0.25) is 0 Å². The van der Waals surface area contributed by atoms with E-state index in [9.17, 15) is 0 Å². The first-order valence-corrected chi connectivity index (χ1v) is 12.2. The van der Waals surface area contributed by atoms with Gasteiger partial charge in [0.05, 0.1) is 0 Å². The summed E-state index contributed by atoms with van der Waals surface area (Å²) in [5, 5.41) is 3.27. The molecule has 1 fully saturated rings. The van der Waals surface area contributed by atoms with E-state index in [1.807, 2.05) is 37.3 Å². The molecule has 0 aliphatic carbocycles. The van der Waals surface area contributed by atoms with Gasteiger partial charge in [-0.25, -0.2) is 24.9 Å². The summed E-state index contributed by atoms with van der Waals surface area (Å²) in [4.78, 5) is 27.5. The second-order valence-corrected chi connectivity index (χ2v) is 9.94. The fraction of sp³-hybridized carbons (Fsp3) is 0.321. The van der Waals surface area contributed by atoms with Gasteiger partial charge in [-0.2, -0.15) is 0 Å². The molecule has 8 heteroatoms. The van der Waals surface area contributed by atoms with E-state index in [4.69, 9.17) is 4.98 Å². The highest BCUT2D eigenvalue weighted by Gasteiger charge is 2.40. The third-order valence-corrected chi connectivity index (χ3v) is 6.73. The Kier molecular flexibility index (Phi) is 6.71. The Balaban J connectivity index is 1.21. The zero-order valence-corrected chi connectivity index (χ0v) is 21.3. The lowest BCUT2D eigenvalue weighted by molar-refractivity contribution is -0.0208. The van der Waals surface area contributed by atoms with Gasteiger partial charge in [-0.1, -0.05) is 30.3 Å². The molecule has 0 saturated carbocycles. The number of nitrogens with one attached hydrogen (secondary N) is 1. The molecule has 1 N–H and O–H groups in total. The number of hydrogen-bond donors (Lipinski definition) is 1. The van der Waals surface area contributed by atoms with E-state index < -0.39 is 0 Å². The molecule has 1 aromatic carbocycles. The Morgan fingerprint density at radius 1 is 0.861 bits per heavy atom. The van der Waals surface area contributed by atoms with Gasteiger partial charge >= 0.3 is 0 Å². The second kappa shape index (κ2) is 10.1. The lowest BCUT2D eigenvalue weighted by Gasteiger charge is -2.52. The average molecular weight is 481 g/mol. The van der Waals surface area contributed by atoms with Crippen LogP contribution in [0.5, 0.6) is 0 Å². The van der Waals surface area contributed by atoms with Crippen molar-refractivity contribution in [1.82, 2.24) is 34.7 Å². The lowest BCUT2D eigenvalue weighted by atomic mass is 9.90. The molecule has 0 unspecified atom stereocenters. The SMILES string of the molecule is Cc1cccc(-c2nccc(Nc3ccnc(Cc4ccc(CN5CC(C)(N(C)C)C5)cc4)n3)n2)n1. The van der Waals surface area contributed by atoms with Crippen LogP contribution < -0.4 is 5.32 Å². The summed E-state index contributed by atoms with van der Waals surface area (Å²) in [7, 11) is 4.32. The maximum atomic E-state index is 4.69. The van der Waals surface area contributed by atoms with Crippen molar-refractivity contribution in [3.63, 3.8) is 0 Å². The molecule has 0 radical (unpaired) electrons. The minimum absolute atomic E-state index is 0.293. The van der Waals surface area contributed by atoms with Crippen molar-refractivity contribution < 1.29 is 0 Å². The van der Waals surface area contributed by atoms with Crippen LogP contribution in [0, 0.1) is 6.92 Å². The third kappa shape index (κ3) is 5.56. The molecule has 184 valence electrons. The topological polar surface area (TPSA) is 83.0 Å². The molecule has 36 heavy (non-hydrogen) atoms. The minimum Gasteiger partial charge on any atom is -0.325 e. The van der Waals surface area contributed by atoms with Crippen LogP contribution in [0.3, 0.4) is 0 Å². The highest BCUT2D eigenvalue weighted by Crippen LogP contribution is 2.27. The number of rotatable bonds is 8. The lowest BCUT2D eigenvalue weighted by Crippen LogP contribution is -2.66. The van der Waals surface area contributed by atoms with Crippen molar-refractivity contribution in [2.75, 3.05) is 32.5 Å². The number of aryl methyl sites for hydroxylation is 1. The number of likely N-dealkylation sites (tertiary alicyclic amines) is 1. The molecule has 4 aromatic rings. The summed E-state index contributed by atoms with van der Waals surface area (Å²) in [6.07, 6.45) is 4.16. The van der Waals surface area contributed by atoms with Gasteiger partial charge in [0, 0.05) is 49.7 Å². The summed E-state index contributed by atoms with van der Waals surface area (Å²) in [6.45, 7) is 7.46. The summed E-state index contributed by atoms with van der Waals surface area (Å²) >= 11 is 0. The predicted octanol–water partition coefficient (Wildman–Crippen LogP) is 4.11. The molecule has 5 rings (SSSR count). The number of nitrogens with zero attached hydrogens (tertiary/aromatic N) is 7. The monoisotopic (exact) mass is 480 g/mol. The number of benzene rings is 1. The molecule has 0 atom stereocenters. The Hall–Kier alpha value is -3.75. The zero-order chi connectivity index (χ0) is 25.1. The van der Waals surface area contributed by atoms with E-state index in [0.717, 1.165) is 36.8 Å². The third-order valence-electron chi connectivity index (χ3n) is 6.73. The molecule has 0 bridgehead atoms. The Morgan fingerprint density at radius 3 is 2.28 bits per heavy atom. The van der Waals surface area contributed by atoms with Crippen LogP contribution in [-0.2, 0) is 13.0 Å². The van der Waals surface area contributed by atoms with E-state index in [1.165, 1.54) is 11.1 Å². The highest BCUT2D eigenvalue weighted by atomic mass is 15.3. The fourth-order valence-corrected chi connectivity index (χ4v) is 4.42. The Labute approximate surface area is 212 Å². The van der Waals surface area contributed by atoms with E-state index in [2.05, 4.69) is 80.3 Å². The van der Waals surface area contributed by atoms with Crippen LogP contribution in [0.4, 0.5) is 11.6 Å². The minimum atomic E-state index is 0.293. The molecule has 1 aliphatic heterocycles. The molecule has 3 aromatic heterocycles. The molecule has 8 nitrogen and oxygen atoms in total. The van der Waals surface area contributed by atoms with Crippen molar-refractivity contribution in [2.45, 2.75) is 32.4 Å². The first-order valence-electron chi connectivity index (χ1n) is 12.2. The highest BCUT2D eigenvalue weighted by molar-refractivity contribution is 5.56. The molecule has 1 saturated heterocycles. The molecular formula is C28H32N8. The fourth-order valence-electron chi connectivity index (χ4n) is 4.42. The van der Waals surface area contributed by atoms with Gasteiger partial charge in [0.15, 0.2) is 5.82 Å². The van der Waals surface area contributed by atoms with E-state index in [0.29, 0.717) is 29.4 Å². The molecule has 0 spiro atoms. The number of likely N-dealkylation sites (N-methyl/N-ethyl adjacent to an activating group) is 1. The van der Waals surface area contributed by atoms with Crippen molar-refractivity contribution in [3.05, 3.63) is 89.6 Å². The Bertz CT molecular complexity index is 1330. The first kappa shape index (κ1) is 24.0. The quantitative estimate of drug-likeness (QED) is 0.404. The maximum Gasteiger partial charge on any atom is 0.180 e. The van der Waals surface area contributed by atoms with Gasteiger partial charge in [0.2, 0.25) is 0 Å². The largest absolute Gasteiger partial charge is 0.325 e. The van der Waals surface area contributed by atoms with E-state index in [-0.39, 0.29) is 0 Å². The van der Waals surface area contributed by atoms with Gasteiger partial charge in [-0.05, 0) is 63.3 Å². The number of hydrogen-bond acceptors (Lipinski definition) is 8. The summed E-state index contributed by atoms with van der Waals surface area (Å²) in [5.41, 5.74) is 4.48. The van der Waals surface area contributed by atoms with Crippen LogP contribution in [-0.4, -0.2) is 67.4 Å². The van der Waals surface area contributed by atoms with Gasteiger partial charge < -0.3 is 10.2 Å². The average Bonchev–Trinajstić information content (AvgIpc) is 2.84. The van der Waals surface area contributed by atoms with Crippen molar-refractivity contribution >= 4 is 11.6 Å². The van der Waals surface area contributed by atoms with Gasteiger partial charge in [0.1, 0.15) is 23.2 Å². The van der Waals surface area contributed by atoms with Crippen LogP contribution in [0.25, 0.3) is 11.5 Å². The maximum absolute atomic E-state index is 4.69. The predicted molar refractivity (Wildman–Crippen MR) is 142 cm³/mol. The van der Waals surface area contributed by atoms with Crippen LogP contribution in [0.15, 0.2) is 67.0 Å².